The first kappa shape index (κ1) is 64.7. The zero-order valence-corrected chi connectivity index (χ0v) is 44.7. The molecule has 0 heterocycles. The Morgan fingerprint density at radius 1 is 0.471 bits per heavy atom. The van der Waals surface area contributed by atoms with Crippen LogP contribution in [0.25, 0.3) is 0 Å². The molecule has 10 heteroatoms. The highest BCUT2D eigenvalue weighted by Gasteiger charge is 2.21. The molecule has 0 aliphatic rings. The molecule has 0 saturated carbocycles. The molecule has 0 aromatic carbocycles. The lowest BCUT2D eigenvalue weighted by Crippen LogP contribution is -2.37. The van der Waals surface area contributed by atoms with Crippen molar-refractivity contribution in [2.75, 3.05) is 47.5 Å². The number of hydrogen-bond donors (Lipinski definition) is 0. The summed E-state index contributed by atoms with van der Waals surface area (Å²) >= 11 is 0. The number of likely N-dealkylation sites (N-methyl/N-ethyl adjacent to an activating group) is 1. The zero-order chi connectivity index (χ0) is 49.9. The van der Waals surface area contributed by atoms with Gasteiger partial charge >= 0.3 is 11.9 Å². The third-order valence-electron chi connectivity index (χ3n) is 10.8. The van der Waals surface area contributed by atoms with Crippen LogP contribution in [0.15, 0.2) is 109 Å². The third-order valence-corrected chi connectivity index (χ3v) is 11.7. The molecular formula is C58H98NO8P. The minimum Gasteiger partial charge on any atom is -0.756 e. The lowest BCUT2D eigenvalue weighted by atomic mass is 10.1. The molecule has 0 rings (SSSR count). The highest BCUT2D eigenvalue weighted by Crippen LogP contribution is 2.38. The van der Waals surface area contributed by atoms with Crippen LogP contribution < -0.4 is 4.89 Å². The Hall–Kier alpha value is -3.33. The Balaban J connectivity index is 4.38. The van der Waals surface area contributed by atoms with Gasteiger partial charge in [0.1, 0.15) is 19.8 Å². The fourth-order valence-electron chi connectivity index (χ4n) is 6.67. The summed E-state index contributed by atoms with van der Waals surface area (Å²) in [6.07, 6.45) is 67.0. The van der Waals surface area contributed by atoms with Gasteiger partial charge < -0.3 is 27.9 Å². The van der Waals surface area contributed by atoms with Crippen LogP contribution in [0.3, 0.4) is 0 Å². The van der Waals surface area contributed by atoms with Crippen LogP contribution in [0.2, 0.25) is 0 Å². The number of quaternary nitrogens is 1. The maximum absolute atomic E-state index is 12.7. The molecular weight excluding hydrogens is 870 g/mol. The first-order chi connectivity index (χ1) is 33.0. The van der Waals surface area contributed by atoms with Gasteiger partial charge in [0.2, 0.25) is 0 Å². The quantitative estimate of drug-likeness (QED) is 0.0195. The number of carbonyl (C=O) groups excluding carboxylic acids is 2. The van der Waals surface area contributed by atoms with E-state index >= 15 is 0 Å². The van der Waals surface area contributed by atoms with E-state index in [9.17, 15) is 19.0 Å². The topological polar surface area (TPSA) is 111 Å². The van der Waals surface area contributed by atoms with Crippen molar-refractivity contribution in [3.8, 4) is 0 Å². The van der Waals surface area contributed by atoms with Gasteiger partial charge in [-0.25, -0.2) is 0 Å². The standard InChI is InChI=1S/C58H98NO8P/c1-6-8-10-12-14-16-18-20-22-24-26-28-29-31-33-35-37-39-41-43-45-47-49-51-58(61)67-56(55-66-68(62,63)65-53-52-59(3,4)5)54-64-57(60)50-48-46-44-42-40-38-36-34-32-30-27-25-23-21-19-17-15-13-11-9-7-2/h8,10,14,16,19-22,25-28,31,33,37,39,43,45,56H,6-7,9,11-13,15,17-18,23-24,29-30,32,34-36,38,40-42,44,46-55H2,1-5H3/b10-8-,16-14-,21-19-,22-20-,27-25-,28-26-,33-31-,39-37-,45-43-. The van der Waals surface area contributed by atoms with Gasteiger partial charge in [-0.2, -0.15) is 0 Å². The molecule has 2 unspecified atom stereocenters. The minimum absolute atomic E-state index is 0.0486. The predicted molar refractivity (Wildman–Crippen MR) is 286 cm³/mol. The molecule has 9 nitrogen and oxygen atoms in total. The monoisotopic (exact) mass is 968 g/mol. The van der Waals surface area contributed by atoms with Gasteiger partial charge in [0.15, 0.2) is 6.10 Å². The summed E-state index contributed by atoms with van der Waals surface area (Å²) in [6, 6.07) is 0. The number of phosphoric acid groups is 1. The number of allylic oxidation sites excluding steroid dienone is 18. The van der Waals surface area contributed by atoms with E-state index in [4.69, 9.17) is 18.5 Å². The molecule has 0 N–H and O–H groups in total. The largest absolute Gasteiger partial charge is 0.756 e. The van der Waals surface area contributed by atoms with E-state index < -0.39 is 32.5 Å². The van der Waals surface area contributed by atoms with Crippen molar-refractivity contribution in [1.29, 1.82) is 0 Å². The molecule has 0 saturated heterocycles. The average Bonchev–Trinajstić information content (AvgIpc) is 3.30. The molecule has 388 valence electrons. The second-order valence-corrected chi connectivity index (χ2v) is 19.9. The van der Waals surface area contributed by atoms with Gasteiger partial charge in [-0.1, -0.05) is 194 Å². The van der Waals surface area contributed by atoms with Crippen molar-refractivity contribution in [3.63, 3.8) is 0 Å². The fourth-order valence-corrected chi connectivity index (χ4v) is 7.40. The number of rotatable bonds is 47. The highest BCUT2D eigenvalue weighted by molar-refractivity contribution is 7.45. The van der Waals surface area contributed by atoms with Gasteiger partial charge in [0.05, 0.1) is 27.7 Å². The smallest absolute Gasteiger partial charge is 0.306 e. The normalized spacial score (nSPS) is 14.3. The summed E-state index contributed by atoms with van der Waals surface area (Å²) in [7, 11) is 1.11. The van der Waals surface area contributed by atoms with Gasteiger partial charge in [-0.05, 0) is 96.3 Å². The Kier molecular flexibility index (Phi) is 46.3. The van der Waals surface area contributed by atoms with Crippen molar-refractivity contribution >= 4 is 19.8 Å². The molecule has 0 spiro atoms. The van der Waals surface area contributed by atoms with E-state index in [0.29, 0.717) is 30.3 Å². The van der Waals surface area contributed by atoms with Gasteiger partial charge in [-0.3, -0.25) is 14.2 Å². The second kappa shape index (κ2) is 48.7. The van der Waals surface area contributed by atoms with E-state index in [1.54, 1.807) is 0 Å². The van der Waals surface area contributed by atoms with Crippen molar-refractivity contribution < 1.29 is 42.1 Å². The number of carbonyl (C=O) groups is 2. The van der Waals surface area contributed by atoms with Crippen LogP contribution in [-0.4, -0.2) is 70.0 Å². The summed E-state index contributed by atoms with van der Waals surface area (Å²) in [4.78, 5) is 37.8. The molecule has 0 aliphatic carbocycles. The van der Waals surface area contributed by atoms with Crippen LogP contribution in [0.4, 0.5) is 0 Å². The summed E-state index contributed by atoms with van der Waals surface area (Å²) in [5.41, 5.74) is 0. The third kappa shape index (κ3) is 52.0. The molecule has 2 atom stereocenters. The van der Waals surface area contributed by atoms with Gasteiger partial charge in [0.25, 0.3) is 7.82 Å². The maximum atomic E-state index is 12.7. The highest BCUT2D eigenvalue weighted by atomic mass is 31.2. The molecule has 0 bridgehead atoms. The number of nitrogens with zero attached hydrogens (tertiary/aromatic N) is 1. The number of hydrogen-bond acceptors (Lipinski definition) is 8. The maximum Gasteiger partial charge on any atom is 0.306 e. The van der Waals surface area contributed by atoms with E-state index in [1.807, 2.05) is 27.2 Å². The lowest BCUT2D eigenvalue weighted by molar-refractivity contribution is -0.870. The average molecular weight is 968 g/mol. The van der Waals surface area contributed by atoms with Crippen LogP contribution in [0.1, 0.15) is 194 Å². The summed E-state index contributed by atoms with van der Waals surface area (Å²) in [5.74, 6) is -0.916. The summed E-state index contributed by atoms with van der Waals surface area (Å²) in [6.45, 7) is 4.03. The number of phosphoric ester groups is 1. The number of esters is 2. The molecule has 0 fully saturated rings. The second-order valence-electron chi connectivity index (χ2n) is 18.5. The Morgan fingerprint density at radius 2 is 0.853 bits per heavy atom. The Labute approximate surface area is 416 Å². The van der Waals surface area contributed by atoms with Crippen LogP contribution >= 0.6 is 7.82 Å². The Morgan fingerprint density at radius 3 is 1.29 bits per heavy atom. The van der Waals surface area contributed by atoms with E-state index in [1.165, 1.54) is 70.6 Å². The van der Waals surface area contributed by atoms with Crippen molar-refractivity contribution in [3.05, 3.63) is 109 Å². The van der Waals surface area contributed by atoms with E-state index in [2.05, 4.69) is 117 Å². The first-order valence-corrected chi connectivity index (χ1v) is 28.1. The lowest BCUT2D eigenvalue weighted by Gasteiger charge is -2.28. The van der Waals surface area contributed by atoms with Crippen molar-refractivity contribution in [1.82, 2.24) is 0 Å². The number of ether oxygens (including phenoxy) is 2. The predicted octanol–water partition coefficient (Wildman–Crippen LogP) is 15.6. The molecule has 0 radical (unpaired) electrons. The van der Waals surface area contributed by atoms with E-state index in [0.717, 1.165) is 77.0 Å². The van der Waals surface area contributed by atoms with Crippen molar-refractivity contribution in [2.45, 2.75) is 200 Å². The van der Waals surface area contributed by atoms with Crippen molar-refractivity contribution in [2.24, 2.45) is 0 Å². The van der Waals surface area contributed by atoms with Crippen LogP contribution in [0, 0.1) is 0 Å². The molecule has 0 aromatic heterocycles. The molecule has 68 heavy (non-hydrogen) atoms. The fraction of sp³-hybridized carbons (Fsp3) is 0.655. The summed E-state index contributed by atoms with van der Waals surface area (Å²) < 4.78 is 34.0. The summed E-state index contributed by atoms with van der Waals surface area (Å²) in [5, 5.41) is 0. The van der Waals surface area contributed by atoms with Gasteiger partial charge in [-0.15, -0.1) is 0 Å². The minimum atomic E-state index is -4.66. The first-order valence-electron chi connectivity index (χ1n) is 26.6. The molecule has 0 aliphatic heterocycles. The zero-order valence-electron chi connectivity index (χ0n) is 43.8. The van der Waals surface area contributed by atoms with Gasteiger partial charge in [0, 0.05) is 12.8 Å². The molecule has 0 aromatic rings. The SMILES string of the molecule is CC/C=C\C/C=C\C/C=C\C/C=C\C/C=C\C/C=C\C/C=C\CCCC(=O)OC(COC(=O)CCCCCCCCCCC/C=C\C/C=C\CCCCCCC)COP(=O)([O-])OCC[N+](C)(C)C. The van der Waals surface area contributed by atoms with E-state index in [-0.39, 0.29) is 26.1 Å². The van der Waals surface area contributed by atoms with Crippen LogP contribution in [0.5, 0.6) is 0 Å². The number of unbranched alkanes of at least 4 members (excludes halogenated alkanes) is 15. The molecule has 0 amide bonds. The Bertz CT molecular complexity index is 1520. The van der Waals surface area contributed by atoms with Crippen LogP contribution in [-0.2, 0) is 32.7 Å².